The second kappa shape index (κ2) is 11.4. The Morgan fingerprint density at radius 1 is 1.14 bits per heavy atom. The molecule has 2 heterocycles. The molecular formula is C28H37ClN2O5. The maximum Gasteiger partial charge on any atom is 0.225 e. The van der Waals surface area contributed by atoms with Gasteiger partial charge in [-0.2, -0.15) is 0 Å². The number of carbonyl (C=O) groups excluding carboxylic acids is 1. The average Bonchev–Trinajstić information content (AvgIpc) is 2.84. The number of likely N-dealkylation sites (tertiary alicyclic amines) is 1. The maximum atomic E-state index is 13.3. The van der Waals surface area contributed by atoms with Crippen molar-refractivity contribution in [1.29, 1.82) is 0 Å². The Hall–Kier alpha value is -2.32. The molecule has 0 aliphatic carbocycles. The van der Waals surface area contributed by atoms with Crippen LogP contribution in [0.2, 0.25) is 5.02 Å². The summed E-state index contributed by atoms with van der Waals surface area (Å²) >= 11 is 6.34. The third kappa shape index (κ3) is 6.51. The molecule has 2 saturated heterocycles. The van der Waals surface area contributed by atoms with Crippen molar-refractivity contribution in [2.24, 2.45) is 0 Å². The summed E-state index contributed by atoms with van der Waals surface area (Å²) in [5.41, 5.74) is 2.97. The van der Waals surface area contributed by atoms with Crippen molar-refractivity contribution in [2.45, 2.75) is 58.3 Å². The predicted molar refractivity (Wildman–Crippen MR) is 140 cm³/mol. The van der Waals surface area contributed by atoms with Gasteiger partial charge in [0.15, 0.2) is 0 Å². The van der Waals surface area contributed by atoms with E-state index in [1.54, 1.807) is 6.07 Å². The number of carbonyl (C=O) groups is 1. The van der Waals surface area contributed by atoms with Crippen molar-refractivity contribution in [3.05, 3.63) is 57.6 Å². The van der Waals surface area contributed by atoms with E-state index in [9.17, 15) is 15.0 Å². The molecule has 196 valence electrons. The first-order valence-electron chi connectivity index (χ1n) is 12.6. The van der Waals surface area contributed by atoms with E-state index in [-0.39, 0.29) is 30.8 Å². The van der Waals surface area contributed by atoms with E-state index in [0.717, 1.165) is 27.3 Å². The van der Waals surface area contributed by atoms with Gasteiger partial charge in [-0.3, -0.25) is 9.69 Å². The minimum absolute atomic E-state index is 0.00854. The molecule has 2 aliphatic rings. The number of nitrogens with zero attached hydrogens (tertiary/aromatic N) is 2. The number of amides is 1. The van der Waals surface area contributed by atoms with Crippen LogP contribution in [0.5, 0.6) is 11.5 Å². The Bertz CT molecular complexity index is 1060. The SMILES string of the molecule is Cc1ccc(O)c(CN2CCOC(COc3cc(C)c(Cl)c(C)c3)(CC(=O)N3CCC(O)CC3)C2)c1. The van der Waals surface area contributed by atoms with Gasteiger partial charge in [-0.05, 0) is 62.9 Å². The van der Waals surface area contributed by atoms with Gasteiger partial charge in [0, 0.05) is 43.3 Å². The van der Waals surface area contributed by atoms with Crippen molar-refractivity contribution in [3.63, 3.8) is 0 Å². The molecule has 0 saturated carbocycles. The van der Waals surface area contributed by atoms with Crippen LogP contribution in [0.15, 0.2) is 30.3 Å². The monoisotopic (exact) mass is 516 g/mol. The smallest absolute Gasteiger partial charge is 0.225 e. The molecule has 7 nitrogen and oxygen atoms in total. The van der Waals surface area contributed by atoms with E-state index in [1.807, 2.05) is 49.9 Å². The van der Waals surface area contributed by atoms with Crippen LogP contribution in [0.4, 0.5) is 0 Å². The first-order chi connectivity index (χ1) is 17.1. The number of ether oxygens (including phenoxy) is 2. The van der Waals surface area contributed by atoms with E-state index in [2.05, 4.69) is 4.90 Å². The fourth-order valence-electron chi connectivity index (χ4n) is 5.09. The van der Waals surface area contributed by atoms with Crippen LogP contribution in [-0.2, 0) is 16.1 Å². The lowest BCUT2D eigenvalue weighted by Gasteiger charge is -2.43. The highest BCUT2D eigenvalue weighted by Gasteiger charge is 2.41. The summed E-state index contributed by atoms with van der Waals surface area (Å²) in [6.45, 7) is 9.41. The molecule has 0 aromatic heterocycles. The zero-order valence-corrected chi connectivity index (χ0v) is 22.2. The van der Waals surface area contributed by atoms with Gasteiger partial charge in [-0.25, -0.2) is 0 Å². The maximum absolute atomic E-state index is 13.3. The van der Waals surface area contributed by atoms with Gasteiger partial charge in [-0.15, -0.1) is 0 Å². The molecule has 8 heteroatoms. The van der Waals surface area contributed by atoms with Gasteiger partial charge in [0.1, 0.15) is 23.7 Å². The Kier molecular flexibility index (Phi) is 8.45. The number of hydrogen-bond donors (Lipinski definition) is 2. The summed E-state index contributed by atoms with van der Waals surface area (Å²) in [6, 6.07) is 9.42. The van der Waals surface area contributed by atoms with E-state index in [0.29, 0.717) is 57.9 Å². The summed E-state index contributed by atoms with van der Waals surface area (Å²) < 4.78 is 12.6. The summed E-state index contributed by atoms with van der Waals surface area (Å²) in [4.78, 5) is 17.4. The molecule has 1 amide bonds. The minimum Gasteiger partial charge on any atom is -0.508 e. The third-order valence-electron chi connectivity index (χ3n) is 7.16. The molecule has 0 radical (unpaired) electrons. The van der Waals surface area contributed by atoms with Gasteiger partial charge in [0.05, 0.1) is 19.1 Å². The number of aromatic hydroxyl groups is 1. The summed E-state index contributed by atoms with van der Waals surface area (Å²) in [5.74, 6) is 0.970. The predicted octanol–water partition coefficient (Wildman–Crippen LogP) is 3.99. The number of rotatable bonds is 7. The fraction of sp³-hybridized carbons (Fsp3) is 0.536. The zero-order chi connectivity index (χ0) is 25.9. The van der Waals surface area contributed by atoms with Gasteiger partial charge < -0.3 is 24.6 Å². The second-order valence-electron chi connectivity index (χ2n) is 10.3. The lowest BCUT2D eigenvalue weighted by Crippen LogP contribution is -2.57. The van der Waals surface area contributed by atoms with Gasteiger partial charge in [0.2, 0.25) is 5.91 Å². The van der Waals surface area contributed by atoms with Crippen LogP contribution < -0.4 is 4.74 Å². The second-order valence-corrected chi connectivity index (χ2v) is 10.7. The quantitative estimate of drug-likeness (QED) is 0.579. The number of aliphatic hydroxyl groups excluding tert-OH is 1. The lowest BCUT2D eigenvalue weighted by atomic mass is 9.95. The third-order valence-corrected chi connectivity index (χ3v) is 7.76. The number of hydrogen-bond acceptors (Lipinski definition) is 6. The fourth-order valence-corrected chi connectivity index (χ4v) is 5.20. The number of halogens is 1. The molecule has 0 spiro atoms. The first kappa shape index (κ1) is 26.7. The number of piperidine rings is 1. The average molecular weight is 517 g/mol. The molecule has 2 aliphatic heterocycles. The molecule has 2 fully saturated rings. The van der Waals surface area contributed by atoms with Gasteiger partial charge >= 0.3 is 0 Å². The highest BCUT2D eigenvalue weighted by atomic mass is 35.5. The molecule has 36 heavy (non-hydrogen) atoms. The largest absolute Gasteiger partial charge is 0.508 e. The normalized spacial score (nSPS) is 21.5. The molecule has 2 aromatic rings. The van der Waals surface area contributed by atoms with Crippen molar-refractivity contribution in [3.8, 4) is 11.5 Å². The van der Waals surface area contributed by atoms with E-state index in [4.69, 9.17) is 21.1 Å². The molecule has 1 atom stereocenters. The van der Waals surface area contributed by atoms with Crippen molar-refractivity contribution in [2.75, 3.05) is 39.4 Å². The lowest BCUT2D eigenvalue weighted by molar-refractivity contribution is -0.158. The minimum atomic E-state index is -0.841. The van der Waals surface area contributed by atoms with Crippen molar-refractivity contribution in [1.82, 2.24) is 9.80 Å². The summed E-state index contributed by atoms with van der Waals surface area (Å²) in [6.07, 6.45) is 1.03. The van der Waals surface area contributed by atoms with Crippen LogP contribution in [0.1, 0.15) is 41.5 Å². The zero-order valence-electron chi connectivity index (χ0n) is 21.4. The highest BCUT2D eigenvalue weighted by molar-refractivity contribution is 6.32. The first-order valence-corrected chi connectivity index (χ1v) is 13.0. The van der Waals surface area contributed by atoms with E-state index < -0.39 is 5.60 Å². The van der Waals surface area contributed by atoms with Crippen molar-refractivity contribution >= 4 is 17.5 Å². The molecule has 2 N–H and O–H groups in total. The topological polar surface area (TPSA) is 82.5 Å². The number of benzene rings is 2. The van der Waals surface area contributed by atoms with Crippen molar-refractivity contribution < 1.29 is 24.5 Å². The van der Waals surface area contributed by atoms with Crippen LogP contribution in [0, 0.1) is 20.8 Å². The standard InChI is InChI=1S/C28H37ClN2O5/c1-19-4-5-25(33)22(12-19)16-30-10-11-36-28(17-30,15-26(34)31-8-6-23(32)7-9-31)18-35-24-13-20(2)27(29)21(3)14-24/h4-5,12-14,23,32-33H,6-11,15-18H2,1-3H3. The Labute approximate surface area is 218 Å². The Morgan fingerprint density at radius 2 is 1.83 bits per heavy atom. The van der Waals surface area contributed by atoms with Crippen LogP contribution >= 0.6 is 11.6 Å². The summed E-state index contributed by atoms with van der Waals surface area (Å²) in [7, 11) is 0. The van der Waals surface area contributed by atoms with Gasteiger partial charge in [0.25, 0.3) is 0 Å². The number of phenolic OH excluding ortho intramolecular Hbond substituents is 1. The van der Waals surface area contributed by atoms with Crippen LogP contribution in [0.25, 0.3) is 0 Å². The van der Waals surface area contributed by atoms with Crippen LogP contribution in [0.3, 0.4) is 0 Å². The Balaban J connectivity index is 1.53. The van der Waals surface area contributed by atoms with Gasteiger partial charge in [-0.1, -0.05) is 29.3 Å². The molecule has 1 unspecified atom stereocenters. The molecule has 0 bridgehead atoms. The molecule has 4 rings (SSSR count). The number of aryl methyl sites for hydroxylation is 3. The highest BCUT2D eigenvalue weighted by Crippen LogP contribution is 2.31. The number of aliphatic hydroxyl groups is 1. The summed E-state index contributed by atoms with van der Waals surface area (Å²) in [5, 5.41) is 21.0. The number of phenols is 1. The van der Waals surface area contributed by atoms with E-state index in [1.165, 1.54) is 0 Å². The molecule has 2 aromatic carbocycles. The Morgan fingerprint density at radius 3 is 2.53 bits per heavy atom. The number of morpholine rings is 1. The molecular weight excluding hydrogens is 480 g/mol. The van der Waals surface area contributed by atoms with E-state index >= 15 is 0 Å². The van der Waals surface area contributed by atoms with Crippen LogP contribution in [-0.4, -0.2) is 77.0 Å².